The van der Waals surface area contributed by atoms with Crippen molar-refractivity contribution in [3.05, 3.63) is 59.2 Å². The summed E-state index contributed by atoms with van der Waals surface area (Å²) in [7, 11) is 2.29. The van der Waals surface area contributed by atoms with Gasteiger partial charge in [0, 0.05) is 12.1 Å². The first-order valence-electron chi connectivity index (χ1n) is 10.5. The normalized spacial score (nSPS) is 22.0. The molecule has 3 nitrogen and oxygen atoms in total. The third-order valence-electron chi connectivity index (χ3n) is 6.91. The van der Waals surface area contributed by atoms with Crippen molar-refractivity contribution < 1.29 is 9.90 Å². The summed E-state index contributed by atoms with van der Waals surface area (Å²) in [4.78, 5) is 13.8. The number of carbonyl (C=O) groups is 1. The molecule has 2 unspecified atom stereocenters. The Morgan fingerprint density at radius 2 is 1.71 bits per heavy atom. The van der Waals surface area contributed by atoms with Crippen LogP contribution in [-0.2, 0) is 10.2 Å². The Morgan fingerprint density at radius 1 is 1.07 bits per heavy atom. The van der Waals surface area contributed by atoms with E-state index in [0.717, 1.165) is 17.2 Å². The van der Waals surface area contributed by atoms with Crippen LogP contribution in [0.1, 0.15) is 75.1 Å². The second-order valence-corrected chi connectivity index (χ2v) is 9.32. The Labute approximate surface area is 168 Å². The number of nitrogens with zero attached hydrogens (tertiary/aromatic N) is 1. The number of rotatable bonds is 5. The number of carboxylic acids is 1. The van der Waals surface area contributed by atoms with Gasteiger partial charge in [-0.05, 0) is 72.9 Å². The predicted octanol–water partition coefficient (Wildman–Crippen LogP) is 5.75. The lowest BCUT2D eigenvalue weighted by Crippen LogP contribution is -2.35. The van der Waals surface area contributed by atoms with E-state index < -0.39 is 11.9 Å². The molecule has 1 saturated carbocycles. The van der Waals surface area contributed by atoms with Crippen LogP contribution in [0, 0.1) is 0 Å². The zero-order valence-corrected chi connectivity index (χ0v) is 17.4. The summed E-state index contributed by atoms with van der Waals surface area (Å²) >= 11 is 0. The molecule has 2 aliphatic rings. The molecule has 0 radical (unpaired) electrons. The maximum atomic E-state index is 11.2. The van der Waals surface area contributed by atoms with Crippen molar-refractivity contribution in [2.75, 3.05) is 7.05 Å². The van der Waals surface area contributed by atoms with Crippen molar-refractivity contribution in [1.29, 1.82) is 0 Å². The molecule has 2 aromatic rings. The maximum Gasteiger partial charge on any atom is 0.310 e. The molecule has 0 spiro atoms. The molecular formula is C25H31NO2. The number of aliphatic carboxylic acids is 1. The number of benzene rings is 2. The van der Waals surface area contributed by atoms with E-state index in [1.54, 1.807) is 6.92 Å². The minimum Gasteiger partial charge on any atom is -0.481 e. The molecule has 4 rings (SSSR count). The molecule has 0 aliphatic heterocycles. The third kappa shape index (κ3) is 3.48. The average Bonchev–Trinajstić information content (AvgIpc) is 3.52. The standard InChI is InChI=1S/C25H31NO2/c1-16(24(27)28)17-5-7-18(8-6-17)19-9-12-21-22(15-19)25(2,3)14-13-23(21)26(4)20-10-11-20/h5-9,12,15-16,20,23H,10-11,13-14H2,1-4H3,(H,27,28). The maximum absolute atomic E-state index is 11.2. The largest absolute Gasteiger partial charge is 0.481 e. The average molecular weight is 378 g/mol. The molecule has 2 aliphatic carbocycles. The summed E-state index contributed by atoms with van der Waals surface area (Å²) in [6.07, 6.45) is 5.12. The lowest BCUT2D eigenvalue weighted by Gasteiger charge is -2.41. The van der Waals surface area contributed by atoms with Crippen LogP contribution in [0.3, 0.4) is 0 Å². The van der Waals surface area contributed by atoms with Crippen LogP contribution in [0.15, 0.2) is 42.5 Å². The smallest absolute Gasteiger partial charge is 0.310 e. The van der Waals surface area contributed by atoms with Gasteiger partial charge >= 0.3 is 5.97 Å². The SMILES string of the molecule is CC(C(=O)O)c1ccc(-c2ccc3c(c2)C(C)(C)CCC3N(C)C2CC2)cc1. The van der Waals surface area contributed by atoms with Crippen LogP contribution >= 0.6 is 0 Å². The van der Waals surface area contributed by atoms with Gasteiger partial charge in [-0.2, -0.15) is 0 Å². The number of hydrogen-bond acceptors (Lipinski definition) is 2. The van der Waals surface area contributed by atoms with E-state index in [-0.39, 0.29) is 5.41 Å². The minimum atomic E-state index is -0.783. The van der Waals surface area contributed by atoms with Crippen LogP contribution in [0.4, 0.5) is 0 Å². The summed E-state index contributed by atoms with van der Waals surface area (Å²) in [6, 6.07) is 16.3. The van der Waals surface area contributed by atoms with Crippen molar-refractivity contribution in [3.8, 4) is 11.1 Å². The van der Waals surface area contributed by atoms with Gasteiger partial charge in [0.2, 0.25) is 0 Å². The molecule has 0 saturated heterocycles. The Morgan fingerprint density at radius 3 is 2.32 bits per heavy atom. The van der Waals surface area contributed by atoms with Crippen LogP contribution in [-0.4, -0.2) is 29.1 Å². The molecule has 1 fully saturated rings. The third-order valence-corrected chi connectivity index (χ3v) is 6.91. The van der Waals surface area contributed by atoms with Crippen molar-refractivity contribution in [2.24, 2.45) is 0 Å². The Kier molecular flexibility index (Phi) is 4.83. The summed E-state index contributed by atoms with van der Waals surface area (Å²) in [5, 5.41) is 9.22. The molecule has 1 N–H and O–H groups in total. The monoisotopic (exact) mass is 377 g/mol. The molecule has 0 heterocycles. The highest BCUT2D eigenvalue weighted by Crippen LogP contribution is 2.47. The molecular weight excluding hydrogens is 346 g/mol. The highest BCUT2D eigenvalue weighted by Gasteiger charge is 2.38. The molecule has 2 atom stereocenters. The lowest BCUT2D eigenvalue weighted by molar-refractivity contribution is -0.138. The molecule has 148 valence electrons. The van der Waals surface area contributed by atoms with Gasteiger partial charge < -0.3 is 5.11 Å². The molecule has 0 aromatic heterocycles. The summed E-state index contributed by atoms with van der Waals surface area (Å²) in [5.74, 6) is -1.26. The molecule has 28 heavy (non-hydrogen) atoms. The van der Waals surface area contributed by atoms with Crippen LogP contribution in [0.5, 0.6) is 0 Å². The van der Waals surface area contributed by atoms with Gasteiger partial charge in [0.1, 0.15) is 0 Å². The zero-order chi connectivity index (χ0) is 20.1. The fourth-order valence-corrected chi connectivity index (χ4v) is 4.67. The first-order chi connectivity index (χ1) is 13.3. The van der Waals surface area contributed by atoms with Gasteiger partial charge in [-0.25, -0.2) is 0 Å². The van der Waals surface area contributed by atoms with Crippen molar-refractivity contribution in [1.82, 2.24) is 4.90 Å². The van der Waals surface area contributed by atoms with Crippen LogP contribution in [0.2, 0.25) is 0 Å². The number of fused-ring (bicyclic) bond motifs is 1. The van der Waals surface area contributed by atoms with E-state index in [1.165, 1.54) is 42.4 Å². The fourth-order valence-electron chi connectivity index (χ4n) is 4.67. The molecule has 2 aromatic carbocycles. The summed E-state index contributed by atoms with van der Waals surface area (Å²) in [5.41, 5.74) is 6.36. The first-order valence-corrected chi connectivity index (χ1v) is 10.5. The zero-order valence-electron chi connectivity index (χ0n) is 17.4. The second-order valence-electron chi connectivity index (χ2n) is 9.32. The van der Waals surface area contributed by atoms with E-state index in [1.807, 2.05) is 12.1 Å². The Bertz CT molecular complexity index is 880. The van der Waals surface area contributed by atoms with E-state index in [2.05, 4.69) is 56.1 Å². The fraction of sp³-hybridized carbons (Fsp3) is 0.480. The Balaban J connectivity index is 1.68. The van der Waals surface area contributed by atoms with Crippen LogP contribution in [0.25, 0.3) is 11.1 Å². The molecule has 0 amide bonds. The quantitative estimate of drug-likeness (QED) is 0.721. The van der Waals surface area contributed by atoms with E-state index in [9.17, 15) is 9.90 Å². The number of carboxylic acid groups (broad SMARTS) is 1. The van der Waals surface area contributed by atoms with Gasteiger partial charge in [-0.1, -0.05) is 56.3 Å². The van der Waals surface area contributed by atoms with E-state index in [4.69, 9.17) is 0 Å². The number of hydrogen-bond donors (Lipinski definition) is 1. The first kappa shape index (κ1) is 19.2. The van der Waals surface area contributed by atoms with Crippen molar-refractivity contribution in [2.45, 2.75) is 69.9 Å². The highest BCUT2D eigenvalue weighted by atomic mass is 16.4. The highest BCUT2D eigenvalue weighted by molar-refractivity contribution is 5.76. The molecule has 0 bridgehead atoms. The van der Waals surface area contributed by atoms with E-state index in [0.29, 0.717) is 6.04 Å². The second kappa shape index (κ2) is 7.04. The van der Waals surface area contributed by atoms with Gasteiger partial charge in [0.15, 0.2) is 0 Å². The topological polar surface area (TPSA) is 40.5 Å². The van der Waals surface area contributed by atoms with E-state index >= 15 is 0 Å². The predicted molar refractivity (Wildman–Crippen MR) is 114 cm³/mol. The minimum absolute atomic E-state index is 0.185. The summed E-state index contributed by atoms with van der Waals surface area (Å²) in [6.45, 7) is 6.45. The van der Waals surface area contributed by atoms with Gasteiger partial charge in [-0.15, -0.1) is 0 Å². The molecule has 3 heteroatoms. The van der Waals surface area contributed by atoms with Crippen molar-refractivity contribution >= 4 is 5.97 Å². The van der Waals surface area contributed by atoms with Gasteiger partial charge in [0.05, 0.1) is 5.92 Å². The van der Waals surface area contributed by atoms with Gasteiger partial charge in [-0.3, -0.25) is 9.69 Å². The Hall–Kier alpha value is -2.13. The van der Waals surface area contributed by atoms with Crippen molar-refractivity contribution in [3.63, 3.8) is 0 Å². The van der Waals surface area contributed by atoms with Gasteiger partial charge in [0.25, 0.3) is 0 Å². The van der Waals surface area contributed by atoms with Crippen LogP contribution < -0.4 is 0 Å². The lowest BCUT2D eigenvalue weighted by atomic mass is 9.70. The summed E-state index contributed by atoms with van der Waals surface area (Å²) < 4.78 is 0.